The number of hydrogen-bond acceptors (Lipinski definition) is 3. The summed E-state index contributed by atoms with van der Waals surface area (Å²) in [6.45, 7) is 0. The summed E-state index contributed by atoms with van der Waals surface area (Å²) in [5.74, 6) is 1.69. The highest BCUT2D eigenvalue weighted by molar-refractivity contribution is 6.30. The van der Waals surface area contributed by atoms with E-state index in [1.165, 1.54) is 0 Å². The molecule has 0 atom stereocenters. The van der Waals surface area contributed by atoms with Gasteiger partial charge < -0.3 is 9.64 Å². The maximum atomic E-state index is 5.80. The van der Waals surface area contributed by atoms with Gasteiger partial charge in [0, 0.05) is 18.9 Å². The van der Waals surface area contributed by atoms with E-state index in [0.29, 0.717) is 5.02 Å². The van der Waals surface area contributed by atoms with Crippen LogP contribution in [0.15, 0.2) is 42.6 Å². The van der Waals surface area contributed by atoms with Crippen molar-refractivity contribution in [1.82, 2.24) is 4.98 Å². The standard InChI is InChI=1S/C13H13ClN2O/c1-16(13-8-3-10(14)9-15-13)11-4-6-12(17-2)7-5-11/h3-9H,1-2H3. The second-order valence-corrected chi connectivity index (χ2v) is 4.03. The average molecular weight is 249 g/mol. The molecule has 1 aromatic carbocycles. The minimum absolute atomic E-state index is 0.636. The number of pyridine rings is 1. The van der Waals surface area contributed by atoms with Crippen LogP contribution in [0.25, 0.3) is 0 Å². The van der Waals surface area contributed by atoms with Gasteiger partial charge in [0.1, 0.15) is 11.6 Å². The molecule has 0 N–H and O–H groups in total. The molecular weight excluding hydrogens is 236 g/mol. The zero-order valence-electron chi connectivity index (χ0n) is 9.72. The molecule has 0 spiro atoms. The summed E-state index contributed by atoms with van der Waals surface area (Å²) in [4.78, 5) is 6.24. The molecule has 17 heavy (non-hydrogen) atoms. The lowest BCUT2D eigenvalue weighted by atomic mass is 10.3. The maximum absolute atomic E-state index is 5.80. The second-order valence-electron chi connectivity index (χ2n) is 3.59. The van der Waals surface area contributed by atoms with Gasteiger partial charge in [-0.05, 0) is 36.4 Å². The van der Waals surface area contributed by atoms with E-state index in [4.69, 9.17) is 16.3 Å². The van der Waals surface area contributed by atoms with Gasteiger partial charge in [-0.2, -0.15) is 0 Å². The van der Waals surface area contributed by atoms with E-state index in [0.717, 1.165) is 17.3 Å². The number of benzene rings is 1. The number of ether oxygens (including phenoxy) is 1. The molecule has 2 aromatic rings. The number of methoxy groups -OCH3 is 1. The summed E-state index contributed by atoms with van der Waals surface area (Å²) in [5, 5.41) is 0.636. The first-order valence-corrected chi connectivity index (χ1v) is 5.58. The van der Waals surface area contributed by atoms with E-state index >= 15 is 0 Å². The van der Waals surface area contributed by atoms with Crippen molar-refractivity contribution in [3.63, 3.8) is 0 Å². The first kappa shape index (κ1) is 11.7. The number of aromatic nitrogens is 1. The van der Waals surface area contributed by atoms with Crippen LogP contribution in [-0.2, 0) is 0 Å². The molecule has 1 aromatic heterocycles. The fraction of sp³-hybridized carbons (Fsp3) is 0.154. The van der Waals surface area contributed by atoms with Gasteiger partial charge in [-0.25, -0.2) is 4.98 Å². The maximum Gasteiger partial charge on any atom is 0.132 e. The third kappa shape index (κ3) is 2.68. The summed E-state index contributed by atoms with van der Waals surface area (Å²) in [7, 11) is 3.61. The van der Waals surface area contributed by atoms with Gasteiger partial charge in [0.05, 0.1) is 12.1 Å². The lowest BCUT2D eigenvalue weighted by molar-refractivity contribution is 0.415. The molecule has 0 fully saturated rings. The predicted molar refractivity (Wildman–Crippen MR) is 70.3 cm³/mol. The Hall–Kier alpha value is -1.74. The predicted octanol–water partition coefficient (Wildman–Crippen LogP) is 3.51. The molecule has 0 saturated carbocycles. The van der Waals surface area contributed by atoms with E-state index in [1.54, 1.807) is 13.3 Å². The van der Waals surface area contributed by atoms with Crippen molar-refractivity contribution >= 4 is 23.1 Å². The van der Waals surface area contributed by atoms with Gasteiger partial charge in [-0.1, -0.05) is 11.6 Å². The van der Waals surface area contributed by atoms with Crippen molar-refractivity contribution in [2.24, 2.45) is 0 Å². The Morgan fingerprint density at radius 1 is 1.12 bits per heavy atom. The fourth-order valence-corrected chi connectivity index (χ4v) is 1.62. The largest absolute Gasteiger partial charge is 0.497 e. The van der Waals surface area contributed by atoms with E-state index in [1.807, 2.05) is 48.3 Å². The van der Waals surface area contributed by atoms with Gasteiger partial charge in [0.25, 0.3) is 0 Å². The summed E-state index contributed by atoms with van der Waals surface area (Å²) in [6.07, 6.45) is 1.64. The van der Waals surface area contributed by atoms with E-state index in [-0.39, 0.29) is 0 Å². The highest BCUT2D eigenvalue weighted by Crippen LogP contribution is 2.24. The molecule has 0 aliphatic carbocycles. The third-order valence-corrected chi connectivity index (χ3v) is 2.74. The Kier molecular flexibility index (Phi) is 3.49. The Morgan fingerprint density at radius 3 is 2.35 bits per heavy atom. The van der Waals surface area contributed by atoms with Gasteiger partial charge in [-0.15, -0.1) is 0 Å². The number of hydrogen-bond donors (Lipinski definition) is 0. The smallest absolute Gasteiger partial charge is 0.132 e. The molecule has 3 nitrogen and oxygen atoms in total. The van der Waals surface area contributed by atoms with Crippen LogP contribution < -0.4 is 9.64 Å². The van der Waals surface area contributed by atoms with Crippen molar-refractivity contribution in [2.75, 3.05) is 19.1 Å². The first-order valence-electron chi connectivity index (χ1n) is 5.20. The summed E-state index contributed by atoms with van der Waals surface area (Å²) < 4.78 is 5.12. The van der Waals surface area contributed by atoms with Crippen molar-refractivity contribution in [3.8, 4) is 5.75 Å². The molecule has 0 aliphatic rings. The van der Waals surface area contributed by atoms with Crippen molar-refractivity contribution in [1.29, 1.82) is 0 Å². The fourth-order valence-electron chi connectivity index (χ4n) is 1.50. The van der Waals surface area contributed by atoms with Gasteiger partial charge >= 0.3 is 0 Å². The molecule has 1 heterocycles. The summed E-state index contributed by atoms with van der Waals surface area (Å²) in [5.41, 5.74) is 1.04. The molecule has 0 amide bonds. The third-order valence-electron chi connectivity index (χ3n) is 2.52. The SMILES string of the molecule is COc1ccc(N(C)c2ccc(Cl)cn2)cc1. The molecule has 0 radical (unpaired) electrons. The van der Waals surface area contributed by atoms with Crippen LogP contribution in [-0.4, -0.2) is 19.1 Å². The zero-order chi connectivity index (χ0) is 12.3. The van der Waals surface area contributed by atoms with Crippen LogP contribution in [0, 0.1) is 0 Å². The number of nitrogens with zero attached hydrogens (tertiary/aromatic N) is 2. The highest BCUT2D eigenvalue weighted by Gasteiger charge is 2.04. The van der Waals surface area contributed by atoms with Crippen molar-refractivity contribution < 1.29 is 4.74 Å². The monoisotopic (exact) mass is 248 g/mol. The lowest BCUT2D eigenvalue weighted by Crippen LogP contribution is -2.10. The van der Waals surface area contributed by atoms with Gasteiger partial charge in [0.15, 0.2) is 0 Å². The first-order chi connectivity index (χ1) is 8.20. The molecule has 2 rings (SSSR count). The zero-order valence-corrected chi connectivity index (χ0v) is 10.5. The van der Waals surface area contributed by atoms with E-state index < -0.39 is 0 Å². The van der Waals surface area contributed by atoms with Crippen LogP contribution >= 0.6 is 11.6 Å². The minimum atomic E-state index is 0.636. The normalized spacial score (nSPS) is 10.1. The summed E-state index contributed by atoms with van der Waals surface area (Å²) in [6, 6.07) is 11.5. The average Bonchev–Trinajstić information content (AvgIpc) is 2.39. The second kappa shape index (κ2) is 5.06. The topological polar surface area (TPSA) is 25.4 Å². The van der Waals surface area contributed by atoms with E-state index in [9.17, 15) is 0 Å². The molecule has 88 valence electrons. The van der Waals surface area contributed by atoms with E-state index in [2.05, 4.69) is 4.98 Å². The molecular formula is C13H13ClN2O. The van der Waals surface area contributed by atoms with Crippen LogP contribution in [0.2, 0.25) is 5.02 Å². The van der Waals surface area contributed by atoms with Gasteiger partial charge in [0.2, 0.25) is 0 Å². The highest BCUT2D eigenvalue weighted by atomic mass is 35.5. The number of anilines is 2. The number of rotatable bonds is 3. The molecule has 0 unspecified atom stereocenters. The number of halogens is 1. The quantitative estimate of drug-likeness (QED) is 0.831. The van der Waals surface area contributed by atoms with Crippen molar-refractivity contribution in [3.05, 3.63) is 47.6 Å². The Labute approximate surface area is 106 Å². The minimum Gasteiger partial charge on any atom is -0.497 e. The van der Waals surface area contributed by atoms with Crippen LogP contribution in [0.4, 0.5) is 11.5 Å². The lowest BCUT2D eigenvalue weighted by Gasteiger charge is -2.18. The van der Waals surface area contributed by atoms with Crippen LogP contribution in [0.1, 0.15) is 0 Å². The Balaban J connectivity index is 2.23. The van der Waals surface area contributed by atoms with Crippen LogP contribution in [0.3, 0.4) is 0 Å². The molecule has 0 bridgehead atoms. The Morgan fingerprint density at radius 2 is 1.82 bits per heavy atom. The molecule has 0 aliphatic heterocycles. The van der Waals surface area contributed by atoms with Crippen molar-refractivity contribution in [2.45, 2.75) is 0 Å². The molecule has 0 saturated heterocycles. The van der Waals surface area contributed by atoms with Gasteiger partial charge in [-0.3, -0.25) is 0 Å². The molecule has 4 heteroatoms. The summed E-state index contributed by atoms with van der Waals surface area (Å²) >= 11 is 5.80. The Bertz CT molecular complexity index is 482. The van der Waals surface area contributed by atoms with Crippen LogP contribution in [0.5, 0.6) is 5.75 Å².